The van der Waals surface area contributed by atoms with Crippen molar-refractivity contribution in [2.45, 2.75) is 0 Å². The molecule has 0 amide bonds. The van der Waals surface area contributed by atoms with Crippen LogP contribution in [0.15, 0.2) is 156 Å². The SMILES string of the molecule is c1ccc(-c2nc(-c3ccc(-c4cccnc4)cc3)c(-c3ccc4oc5ccccc5c4c3)nc2-c2ccccc2)cc1. The van der Waals surface area contributed by atoms with Crippen LogP contribution in [0.25, 0.3) is 78.1 Å². The van der Waals surface area contributed by atoms with Crippen LogP contribution in [0, 0.1) is 0 Å². The van der Waals surface area contributed by atoms with Gasteiger partial charge in [-0.1, -0.05) is 109 Å². The van der Waals surface area contributed by atoms with Crippen molar-refractivity contribution in [1.82, 2.24) is 15.0 Å². The Hall–Kier alpha value is -5.87. The summed E-state index contributed by atoms with van der Waals surface area (Å²) in [6.45, 7) is 0. The zero-order valence-corrected chi connectivity index (χ0v) is 23.2. The molecule has 0 aliphatic rings. The molecular weight excluding hydrogens is 526 g/mol. The molecule has 0 fully saturated rings. The maximum absolute atomic E-state index is 6.14. The molecule has 0 atom stereocenters. The first kappa shape index (κ1) is 24.9. The van der Waals surface area contributed by atoms with Gasteiger partial charge in [-0.15, -0.1) is 0 Å². The Kier molecular flexibility index (Phi) is 6.08. The van der Waals surface area contributed by atoms with E-state index in [-0.39, 0.29) is 0 Å². The molecule has 0 saturated heterocycles. The van der Waals surface area contributed by atoms with Crippen molar-refractivity contribution in [3.8, 4) is 56.2 Å². The molecule has 4 nitrogen and oxygen atoms in total. The largest absolute Gasteiger partial charge is 0.456 e. The molecule has 8 rings (SSSR count). The molecule has 0 aliphatic heterocycles. The van der Waals surface area contributed by atoms with E-state index in [4.69, 9.17) is 14.4 Å². The first-order valence-corrected chi connectivity index (χ1v) is 14.3. The molecule has 0 aliphatic carbocycles. The van der Waals surface area contributed by atoms with Gasteiger partial charge >= 0.3 is 0 Å². The fraction of sp³-hybridized carbons (Fsp3) is 0. The standard InChI is InChI=1S/C39H25N3O/c1-3-10-27(11-4-1)36-37(28-12-5-2-6-13-28)42-39(30-21-22-35-33(24-30)32-15-7-8-16-34(32)43-35)38(41-36)29-19-17-26(18-20-29)31-14-9-23-40-25-31/h1-25H. The summed E-state index contributed by atoms with van der Waals surface area (Å²) in [6, 6.07) is 47.5. The zero-order chi connectivity index (χ0) is 28.6. The second kappa shape index (κ2) is 10.5. The molecule has 4 heteroatoms. The number of benzene rings is 5. The number of hydrogen-bond donors (Lipinski definition) is 0. The third kappa shape index (κ3) is 4.55. The summed E-state index contributed by atoms with van der Waals surface area (Å²) >= 11 is 0. The molecule has 0 spiro atoms. The Labute approximate surface area is 249 Å². The van der Waals surface area contributed by atoms with Gasteiger partial charge in [-0.25, -0.2) is 9.97 Å². The maximum atomic E-state index is 6.14. The van der Waals surface area contributed by atoms with Crippen LogP contribution in [-0.2, 0) is 0 Å². The Morgan fingerprint density at radius 2 is 0.884 bits per heavy atom. The van der Waals surface area contributed by atoms with Crippen LogP contribution in [0.1, 0.15) is 0 Å². The molecular formula is C39H25N3O. The van der Waals surface area contributed by atoms with Crippen molar-refractivity contribution < 1.29 is 4.42 Å². The summed E-state index contributed by atoms with van der Waals surface area (Å²) < 4.78 is 6.14. The lowest BCUT2D eigenvalue weighted by atomic mass is 9.97. The van der Waals surface area contributed by atoms with Crippen molar-refractivity contribution in [1.29, 1.82) is 0 Å². The lowest BCUT2D eigenvalue weighted by Crippen LogP contribution is -2.01. The van der Waals surface area contributed by atoms with Gasteiger partial charge in [0.2, 0.25) is 0 Å². The van der Waals surface area contributed by atoms with E-state index in [9.17, 15) is 0 Å². The van der Waals surface area contributed by atoms with Gasteiger partial charge in [0.1, 0.15) is 11.2 Å². The average molecular weight is 552 g/mol. The van der Waals surface area contributed by atoms with Crippen molar-refractivity contribution >= 4 is 21.9 Å². The number of furan rings is 1. The Balaban J connectivity index is 1.39. The number of para-hydroxylation sites is 1. The molecule has 0 unspecified atom stereocenters. The highest BCUT2D eigenvalue weighted by Gasteiger charge is 2.20. The van der Waals surface area contributed by atoms with Gasteiger partial charge in [-0.05, 0) is 41.5 Å². The van der Waals surface area contributed by atoms with Crippen molar-refractivity contribution in [3.63, 3.8) is 0 Å². The van der Waals surface area contributed by atoms with Gasteiger partial charge in [-0.3, -0.25) is 4.98 Å². The minimum Gasteiger partial charge on any atom is -0.456 e. The number of pyridine rings is 1. The quantitative estimate of drug-likeness (QED) is 0.214. The number of aromatic nitrogens is 3. The molecule has 0 saturated carbocycles. The van der Waals surface area contributed by atoms with Crippen LogP contribution in [0.3, 0.4) is 0 Å². The highest BCUT2D eigenvalue weighted by Crippen LogP contribution is 2.39. The van der Waals surface area contributed by atoms with Gasteiger partial charge < -0.3 is 4.42 Å². The Morgan fingerprint density at radius 3 is 1.53 bits per heavy atom. The summed E-state index contributed by atoms with van der Waals surface area (Å²) in [4.78, 5) is 15.1. The summed E-state index contributed by atoms with van der Waals surface area (Å²) in [5, 5.41) is 2.14. The highest BCUT2D eigenvalue weighted by molar-refractivity contribution is 6.06. The Bertz CT molecular complexity index is 2210. The van der Waals surface area contributed by atoms with E-state index in [2.05, 4.69) is 77.8 Å². The lowest BCUT2D eigenvalue weighted by Gasteiger charge is -2.16. The molecule has 8 aromatic rings. The molecule has 0 N–H and O–H groups in total. The number of nitrogens with zero attached hydrogens (tertiary/aromatic N) is 3. The predicted octanol–water partition coefficient (Wildman–Crippen LogP) is 10.1. The second-order valence-electron chi connectivity index (χ2n) is 10.5. The van der Waals surface area contributed by atoms with Crippen molar-refractivity contribution in [2.75, 3.05) is 0 Å². The molecule has 0 bridgehead atoms. The smallest absolute Gasteiger partial charge is 0.135 e. The van der Waals surface area contributed by atoms with Gasteiger partial charge in [0.05, 0.1) is 22.8 Å². The van der Waals surface area contributed by atoms with Crippen LogP contribution >= 0.6 is 0 Å². The van der Waals surface area contributed by atoms with Crippen molar-refractivity contribution in [2.24, 2.45) is 0 Å². The van der Waals surface area contributed by atoms with Crippen LogP contribution in [0.5, 0.6) is 0 Å². The minimum absolute atomic E-state index is 0.819. The maximum Gasteiger partial charge on any atom is 0.135 e. The first-order chi connectivity index (χ1) is 21.3. The van der Waals surface area contributed by atoms with Gasteiger partial charge in [0, 0.05) is 45.4 Å². The van der Waals surface area contributed by atoms with Gasteiger partial charge in [-0.2, -0.15) is 0 Å². The monoisotopic (exact) mass is 551 g/mol. The third-order valence-electron chi connectivity index (χ3n) is 7.79. The van der Waals surface area contributed by atoms with Crippen LogP contribution < -0.4 is 0 Å². The fourth-order valence-electron chi connectivity index (χ4n) is 5.66. The van der Waals surface area contributed by atoms with E-state index in [0.717, 1.165) is 78.1 Å². The summed E-state index contributed by atoms with van der Waals surface area (Å²) in [6.07, 6.45) is 3.67. The molecule has 0 radical (unpaired) electrons. The molecule has 43 heavy (non-hydrogen) atoms. The minimum atomic E-state index is 0.819. The van der Waals surface area contributed by atoms with Gasteiger partial charge in [0.15, 0.2) is 0 Å². The average Bonchev–Trinajstić information content (AvgIpc) is 3.47. The first-order valence-electron chi connectivity index (χ1n) is 14.3. The van der Waals surface area contributed by atoms with E-state index in [1.165, 1.54) is 0 Å². The van der Waals surface area contributed by atoms with Crippen molar-refractivity contribution in [3.05, 3.63) is 152 Å². The Morgan fingerprint density at radius 1 is 0.372 bits per heavy atom. The predicted molar refractivity (Wildman–Crippen MR) is 174 cm³/mol. The van der Waals surface area contributed by atoms with E-state index >= 15 is 0 Å². The summed E-state index contributed by atoms with van der Waals surface area (Å²) in [5.74, 6) is 0. The number of hydrogen-bond acceptors (Lipinski definition) is 4. The second-order valence-corrected chi connectivity index (χ2v) is 10.5. The molecule has 3 aromatic heterocycles. The lowest BCUT2D eigenvalue weighted by molar-refractivity contribution is 0.669. The molecule has 3 heterocycles. The fourth-order valence-corrected chi connectivity index (χ4v) is 5.66. The highest BCUT2D eigenvalue weighted by atomic mass is 16.3. The van der Waals surface area contributed by atoms with Crippen LogP contribution in [0.4, 0.5) is 0 Å². The molecule has 202 valence electrons. The number of rotatable bonds is 5. The zero-order valence-electron chi connectivity index (χ0n) is 23.2. The van der Waals surface area contributed by atoms with Crippen LogP contribution in [0.2, 0.25) is 0 Å². The summed E-state index contributed by atoms with van der Waals surface area (Å²) in [7, 11) is 0. The molecule has 5 aromatic carbocycles. The normalized spacial score (nSPS) is 11.3. The van der Waals surface area contributed by atoms with E-state index in [1.54, 1.807) is 6.20 Å². The van der Waals surface area contributed by atoms with E-state index in [0.29, 0.717) is 0 Å². The number of fused-ring (bicyclic) bond motifs is 3. The van der Waals surface area contributed by atoms with Gasteiger partial charge in [0.25, 0.3) is 0 Å². The third-order valence-corrected chi connectivity index (χ3v) is 7.79. The van der Waals surface area contributed by atoms with E-state index < -0.39 is 0 Å². The van der Waals surface area contributed by atoms with E-state index in [1.807, 2.05) is 72.9 Å². The summed E-state index contributed by atoms with van der Waals surface area (Å²) in [5.41, 5.74) is 11.2. The topological polar surface area (TPSA) is 51.8 Å². The van der Waals surface area contributed by atoms with Crippen LogP contribution in [-0.4, -0.2) is 15.0 Å².